The number of rotatable bonds is 5. The molecule has 0 saturated carbocycles. The average molecular weight is 374 g/mol. The molecule has 0 saturated heterocycles. The Hall–Kier alpha value is -3.05. The van der Waals surface area contributed by atoms with Crippen LogP contribution in [0, 0.1) is 0 Å². The molecule has 0 fully saturated rings. The van der Waals surface area contributed by atoms with E-state index in [-0.39, 0.29) is 5.91 Å². The van der Waals surface area contributed by atoms with Gasteiger partial charge in [0.15, 0.2) is 0 Å². The number of likely N-dealkylation sites (N-methyl/N-ethyl adjacent to an activating group) is 1. The number of hydrogen-bond acceptors (Lipinski definition) is 3. The van der Waals surface area contributed by atoms with Gasteiger partial charge in [-0.25, -0.2) is 0 Å². The van der Waals surface area contributed by atoms with Crippen LogP contribution < -0.4 is 9.80 Å². The lowest BCUT2D eigenvalue weighted by molar-refractivity contribution is 0.0986. The second-order valence-electron chi connectivity index (χ2n) is 7.38. The topological polar surface area (TPSA) is 31.7 Å². The Morgan fingerprint density at radius 3 is 2.43 bits per heavy atom. The molecule has 0 aliphatic carbocycles. The van der Waals surface area contributed by atoms with Gasteiger partial charge in [-0.1, -0.05) is 18.2 Å². The third-order valence-corrected chi connectivity index (χ3v) is 5.16. The van der Waals surface area contributed by atoms with Crippen molar-refractivity contribution in [3.63, 3.8) is 0 Å². The lowest BCUT2D eigenvalue weighted by Crippen LogP contribution is -2.45. The minimum atomic E-state index is 0.0497. The van der Waals surface area contributed by atoms with Crippen LogP contribution in [-0.2, 0) is 0 Å². The molecule has 0 N–H and O–H groups in total. The van der Waals surface area contributed by atoms with E-state index in [1.165, 1.54) is 0 Å². The van der Waals surface area contributed by atoms with E-state index in [0.29, 0.717) is 12.1 Å². The molecule has 5 heteroatoms. The Balaban J connectivity index is 1.61. The van der Waals surface area contributed by atoms with Crippen molar-refractivity contribution in [3.05, 3.63) is 78.6 Å². The molecule has 1 aromatic heterocycles. The lowest BCUT2D eigenvalue weighted by atomic mass is 10.1. The van der Waals surface area contributed by atoms with Gasteiger partial charge < -0.3 is 19.3 Å². The van der Waals surface area contributed by atoms with Gasteiger partial charge in [0.2, 0.25) is 0 Å². The van der Waals surface area contributed by atoms with Crippen LogP contribution in [0.1, 0.15) is 10.4 Å². The van der Waals surface area contributed by atoms with Crippen LogP contribution in [0.15, 0.2) is 73.1 Å². The predicted molar refractivity (Wildman–Crippen MR) is 115 cm³/mol. The molecule has 5 nitrogen and oxygen atoms in total. The molecular weight excluding hydrogens is 348 g/mol. The van der Waals surface area contributed by atoms with E-state index < -0.39 is 0 Å². The first-order valence-electron chi connectivity index (χ1n) is 9.67. The molecule has 0 radical (unpaired) electrons. The number of fused-ring (bicyclic) bond motifs is 1. The van der Waals surface area contributed by atoms with E-state index in [9.17, 15) is 4.79 Å². The first-order chi connectivity index (χ1) is 13.6. The Labute approximate surface area is 166 Å². The van der Waals surface area contributed by atoms with Gasteiger partial charge in [0.25, 0.3) is 5.91 Å². The molecule has 2 heterocycles. The first kappa shape index (κ1) is 18.3. The highest BCUT2D eigenvalue weighted by atomic mass is 16.2. The molecule has 1 amide bonds. The van der Waals surface area contributed by atoms with Crippen molar-refractivity contribution in [2.45, 2.75) is 0 Å². The van der Waals surface area contributed by atoms with Crippen LogP contribution in [0.4, 0.5) is 11.4 Å². The smallest absolute Gasteiger partial charge is 0.258 e. The van der Waals surface area contributed by atoms with Crippen molar-refractivity contribution in [1.29, 1.82) is 0 Å². The molecule has 4 rings (SSSR count). The summed E-state index contributed by atoms with van der Waals surface area (Å²) in [7, 11) is 4.17. The number of hydrogen-bond donors (Lipinski definition) is 0. The summed E-state index contributed by atoms with van der Waals surface area (Å²) in [6.45, 7) is 3.47. The summed E-state index contributed by atoms with van der Waals surface area (Å²) in [6.07, 6.45) is 3.98. The van der Waals surface area contributed by atoms with Crippen LogP contribution in [0.2, 0.25) is 0 Å². The standard InChI is InChI=1S/C23H26N4O/c1-24(2)14-15-26-16-17-27(22-11-4-3-10-21(22)26)23(28)19-8-7-9-20(18-19)25-12-5-6-13-25/h3-13,18H,14-17H2,1-2H3. The first-order valence-corrected chi connectivity index (χ1v) is 9.67. The minimum absolute atomic E-state index is 0.0497. The monoisotopic (exact) mass is 374 g/mol. The molecule has 28 heavy (non-hydrogen) atoms. The largest absolute Gasteiger partial charge is 0.367 e. The number of carbonyl (C=O) groups excluding carboxylic acids is 1. The Bertz CT molecular complexity index is 949. The Morgan fingerprint density at radius 1 is 0.929 bits per heavy atom. The number of aromatic nitrogens is 1. The number of para-hydroxylation sites is 2. The van der Waals surface area contributed by atoms with Crippen molar-refractivity contribution in [2.24, 2.45) is 0 Å². The van der Waals surface area contributed by atoms with Crippen LogP contribution >= 0.6 is 0 Å². The summed E-state index contributed by atoms with van der Waals surface area (Å²) in [5.41, 5.74) is 3.82. The molecular formula is C23H26N4O. The fourth-order valence-corrected chi connectivity index (χ4v) is 3.65. The van der Waals surface area contributed by atoms with E-state index in [4.69, 9.17) is 0 Å². The normalized spacial score (nSPS) is 13.7. The second-order valence-corrected chi connectivity index (χ2v) is 7.38. The molecule has 0 unspecified atom stereocenters. The summed E-state index contributed by atoms with van der Waals surface area (Å²) < 4.78 is 2.02. The number of amides is 1. The van der Waals surface area contributed by atoms with Crippen molar-refractivity contribution in [2.75, 3.05) is 50.1 Å². The van der Waals surface area contributed by atoms with Gasteiger partial charge in [0.05, 0.1) is 11.4 Å². The fourth-order valence-electron chi connectivity index (χ4n) is 3.65. The van der Waals surface area contributed by atoms with Crippen LogP contribution in [0.5, 0.6) is 0 Å². The molecule has 1 aliphatic rings. The SMILES string of the molecule is CN(C)CCN1CCN(C(=O)c2cccc(-n3cccc3)c2)c2ccccc21. The van der Waals surface area contributed by atoms with Crippen molar-refractivity contribution in [1.82, 2.24) is 9.47 Å². The van der Waals surface area contributed by atoms with E-state index in [2.05, 4.69) is 30.0 Å². The summed E-state index contributed by atoms with van der Waals surface area (Å²) in [6, 6.07) is 20.0. The zero-order valence-electron chi connectivity index (χ0n) is 16.5. The van der Waals surface area contributed by atoms with Crippen molar-refractivity contribution < 1.29 is 4.79 Å². The maximum Gasteiger partial charge on any atom is 0.258 e. The molecule has 0 spiro atoms. The molecule has 144 valence electrons. The number of nitrogens with zero attached hydrogens (tertiary/aromatic N) is 4. The van der Waals surface area contributed by atoms with Gasteiger partial charge in [-0.05, 0) is 56.6 Å². The van der Waals surface area contributed by atoms with E-state index in [1.807, 2.05) is 76.5 Å². The van der Waals surface area contributed by atoms with Gasteiger partial charge >= 0.3 is 0 Å². The van der Waals surface area contributed by atoms with Crippen LogP contribution in [0.25, 0.3) is 5.69 Å². The van der Waals surface area contributed by atoms with E-state index in [0.717, 1.165) is 36.7 Å². The highest BCUT2D eigenvalue weighted by molar-refractivity contribution is 6.08. The maximum atomic E-state index is 13.3. The minimum Gasteiger partial charge on any atom is -0.367 e. The van der Waals surface area contributed by atoms with Gasteiger partial charge in [-0.15, -0.1) is 0 Å². The average Bonchev–Trinajstić information content (AvgIpc) is 3.26. The second kappa shape index (κ2) is 7.90. The van der Waals surface area contributed by atoms with Crippen molar-refractivity contribution >= 4 is 17.3 Å². The number of anilines is 2. The maximum absolute atomic E-state index is 13.3. The Morgan fingerprint density at radius 2 is 1.68 bits per heavy atom. The van der Waals surface area contributed by atoms with E-state index in [1.54, 1.807) is 0 Å². The highest BCUT2D eigenvalue weighted by Gasteiger charge is 2.27. The summed E-state index contributed by atoms with van der Waals surface area (Å²) in [4.78, 5) is 19.8. The van der Waals surface area contributed by atoms with Gasteiger partial charge in [0.1, 0.15) is 0 Å². The zero-order chi connectivity index (χ0) is 19.5. The van der Waals surface area contributed by atoms with Gasteiger partial charge in [-0.3, -0.25) is 4.79 Å². The molecule has 0 atom stereocenters. The number of benzene rings is 2. The molecule has 1 aliphatic heterocycles. The predicted octanol–water partition coefficient (Wildman–Crippen LogP) is 3.51. The third-order valence-electron chi connectivity index (χ3n) is 5.16. The molecule has 0 bridgehead atoms. The molecule has 3 aromatic rings. The highest BCUT2D eigenvalue weighted by Crippen LogP contribution is 2.33. The Kier molecular flexibility index (Phi) is 5.17. The zero-order valence-corrected chi connectivity index (χ0v) is 16.5. The van der Waals surface area contributed by atoms with E-state index >= 15 is 0 Å². The summed E-state index contributed by atoms with van der Waals surface area (Å²) in [5.74, 6) is 0.0497. The molecule has 2 aromatic carbocycles. The lowest BCUT2D eigenvalue weighted by Gasteiger charge is -2.38. The van der Waals surface area contributed by atoms with Gasteiger partial charge in [-0.2, -0.15) is 0 Å². The summed E-state index contributed by atoms with van der Waals surface area (Å²) in [5, 5.41) is 0. The van der Waals surface area contributed by atoms with Crippen LogP contribution in [0.3, 0.4) is 0 Å². The number of carbonyl (C=O) groups is 1. The third kappa shape index (κ3) is 3.66. The fraction of sp³-hybridized carbons (Fsp3) is 0.261. The van der Waals surface area contributed by atoms with Gasteiger partial charge in [0, 0.05) is 49.8 Å². The quantitative estimate of drug-likeness (QED) is 0.685. The van der Waals surface area contributed by atoms with Crippen LogP contribution in [-0.4, -0.2) is 55.6 Å². The summed E-state index contributed by atoms with van der Waals surface area (Å²) >= 11 is 0. The van der Waals surface area contributed by atoms with Crippen molar-refractivity contribution in [3.8, 4) is 5.69 Å².